The van der Waals surface area contributed by atoms with Crippen LogP contribution in [0.3, 0.4) is 0 Å². The smallest absolute Gasteiger partial charge is 0.226 e. The van der Waals surface area contributed by atoms with Gasteiger partial charge >= 0.3 is 0 Å². The Hall–Kier alpha value is -0.830. The zero-order chi connectivity index (χ0) is 14.5. The summed E-state index contributed by atoms with van der Waals surface area (Å²) in [4.78, 5) is 12.9. The number of hydrogen-bond acceptors (Lipinski definition) is 1. The van der Waals surface area contributed by atoms with Crippen LogP contribution in [0.5, 0.6) is 0 Å². The predicted octanol–water partition coefficient (Wildman–Crippen LogP) is 4.04. The van der Waals surface area contributed by atoms with E-state index in [2.05, 4.69) is 33.4 Å². The van der Waals surface area contributed by atoms with Crippen LogP contribution in [0.25, 0.3) is 0 Å². The van der Waals surface area contributed by atoms with Crippen molar-refractivity contribution in [1.82, 2.24) is 5.32 Å². The van der Waals surface area contributed by atoms with Gasteiger partial charge in [0.1, 0.15) is 0 Å². The number of nitrogens with one attached hydrogen (secondary N) is 1. The Labute approximate surface area is 134 Å². The Morgan fingerprint density at radius 3 is 2.43 bits per heavy atom. The van der Waals surface area contributed by atoms with Gasteiger partial charge in [0, 0.05) is 10.9 Å². The van der Waals surface area contributed by atoms with Crippen LogP contribution in [-0.2, 0) is 11.3 Å². The number of amides is 1. The Morgan fingerprint density at radius 1 is 1.14 bits per heavy atom. The lowest BCUT2D eigenvalue weighted by Gasteiger charge is -2.59. The molecule has 3 heteroatoms. The van der Waals surface area contributed by atoms with Crippen LogP contribution in [0.2, 0.25) is 0 Å². The van der Waals surface area contributed by atoms with Gasteiger partial charge in [-0.15, -0.1) is 0 Å². The van der Waals surface area contributed by atoms with Crippen molar-refractivity contribution in [3.8, 4) is 0 Å². The molecule has 4 saturated carbocycles. The third-order valence-electron chi connectivity index (χ3n) is 5.77. The van der Waals surface area contributed by atoms with E-state index in [1.54, 1.807) is 0 Å². The number of rotatable bonds is 3. The van der Waals surface area contributed by atoms with E-state index in [-0.39, 0.29) is 9.74 Å². The molecule has 112 valence electrons. The van der Waals surface area contributed by atoms with Crippen molar-refractivity contribution in [2.24, 2.45) is 17.3 Å². The topological polar surface area (TPSA) is 29.1 Å². The first kappa shape index (κ1) is 13.8. The molecule has 0 radical (unpaired) electrons. The maximum absolute atomic E-state index is 12.9. The van der Waals surface area contributed by atoms with Crippen molar-refractivity contribution >= 4 is 21.8 Å². The van der Waals surface area contributed by atoms with Gasteiger partial charge in [-0.1, -0.05) is 46.3 Å². The number of benzene rings is 1. The number of carbonyl (C=O) groups excluding carboxylic acids is 1. The molecule has 0 aromatic heterocycles. The largest absolute Gasteiger partial charge is 0.352 e. The van der Waals surface area contributed by atoms with E-state index in [4.69, 9.17) is 0 Å². The van der Waals surface area contributed by atoms with Gasteiger partial charge in [0.05, 0.1) is 5.41 Å². The van der Waals surface area contributed by atoms with Crippen molar-refractivity contribution in [3.05, 3.63) is 35.9 Å². The second-order valence-corrected chi connectivity index (χ2v) is 9.24. The van der Waals surface area contributed by atoms with E-state index in [9.17, 15) is 4.79 Å². The quantitative estimate of drug-likeness (QED) is 0.821. The lowest BCUT2D eigenvalue weighted by atomic mass is 9.49. The highest BCUT2D eigenvalue weighted by Crippen LogP contribution is 2.64. The van der Waals surface area contributed by atoms with Gasteiger partial charge in [0.25, 0.3) is 0 Å². The average molecular weight is 348 g/mol. The van der Waals surface area contributed by atoms with Crippen molar-refractivity contribution < 1.29 is 4.79 Å². The SMILES string of the molecule is O=C(NCc1ccccc1)C12C[C@H]3C[C@@H](CC(Br)(C3)C1)C2. The van der Waals surface area contributed by atoms with E-state index in [0.717, 1.165) is 31.1 Å². The summed E-state index contributed by atoms with van der Waals surface area (Å²) in [6, 6.07) is 10.2. The Bertz CT molecular complexity index is 542. The second kappa shape index (κ2) is 4.84. The molecule has 4 bridgehead atoms. The van der Waals surface area contributed by atoms with Gasteiger partial charge in [0.15, 0.2) is 0 Å². The highest BCUT2D eigenvalue weighted by molar-refractivity contribution is 9.10. The van der Waals surface area contributed by atoms with Crippen LogP contribution in [-0.4, -0.2) is 10.2 Å². The minimum absolute atomic E-state index is 0.0949. The zero-order valence-corrected chi connectivity index (χ0v) is 13.9. The van der Waals surface area contributed by atoms with Gasteiger partial charge < -0.3 is 5.32 Å². The zero-order valence-electron chi connectivity index (χ0n) is 12.3. The van der Waals surface area contributed by atoms with Crippen LogP contribution in [0.4, 0.5) is 0 Å². The summed E-state index contributed by atoms with van der Waals surface area (Å²) >= 11 is 3.98. The van der Waals surface area contributed by atoms with Gasteiger partial charge in [-0.3, -0.25) is 4.79 Å². The molecule has 4 aliphatic carbocycles. The van der Waals surface area contributed by atoms with Gasteiger partial charge in [-0.05, 0) is 55.9 Å². The molecule has 4 aliphatic rings. The van der Waals surface area contributed by atoms with E-state index in [0.29, 0.717) is 12.5 Å². The maximum atomic E-state index is 12.9. The van der Waals surface area contributed by atoms with Crippen molar-refractivity contribution in [2.45, 2.75) is 49.4 Å². The molecule has 1 N–H and O–H groups in total. The normalized spacial score (nSPS) is 40.2. The minimum atomic E-state index is -0.0949. The van der Waals surface area contributed by atoms with Crippen LogP contribution in [0.1, 0.15) is 44.1 Å². The summed E-state index contributed by atoms with van der Waals surface area (Å²) < 4.78 is 0.251. The van der Waals surface area contributed by atoms with Crippen LogP contribution in [0, 0.1) is 17.3 Å². The molecule has 2 atom stereocenters. The monoisotopic (exact) mass is 347 g/mol. The van der Waals surface area contributed by atoms with E-state index >= 15 is 0 Å². The number of alkyl halides is 1. The minimum Gasteiger partial charge on any atom is -0.352 e. The van der Waals surface area contributed by atoms with Crippen molar-refractivity contribution in [1.29, 1.82) is 0 Å². The number of carbonyl (C=O) groups is 1. The fraction of sp³-hybridized carbons (Fsp3) is 0.611. The molecule has 21 heavy (non-hydrogen) atoms. The van der Waals surface area contributed by atoms with Gasteiger partial charge in [0.2, 0.25) is 5.91 Å². The van der Waals surface area contributed by atoms with Crippen LogP contribution in [0.15, 0.2) is 30.3 Å². The highest BCUT2D eigenvalue weighted by atomic mass is 79.9. The first-order valence-electron chi connectivity index (χ1n) is 8.08. The van der Waals surface area contributed by atoms with Crippen molar-refractivity contribution in [3.63, 3.8) is 0 Å². The fourth-order valence-electron chi connectivity index (χ4n) is 5.38. The third-order valence-corrected chi connectivity index (χ3v) is 6.70. The molecule has 0 spiro atoms. The molecule has 0 aliphatic heterocycles. The molecule has 2 nitrogen and oxygen atoms in total. The van der Waals surface area contributed by atoms with E-state index in [1.165, 1.54) is 24.8 Å². The Kier molecular flexibility index (Phi) is 3.18. The molecule has 1 aromatic carbocycles. The molecule has 4 fully saturated rings. The van der Waals surface area contributed by atoms with Crippen LogP contribution < -0.4 is 5.32 Å². The molecule has 5 rings (SSSR count). The van der Waals surface area contributed by atoms with Crippen molar-refractivity contribution in [2.75, 3.05) is 0 Å². The molecule has 1 amide bonds. The summed E-state index contributed by atoms with van der Waals surface area (Å²) in [6.45, 7) is 0.659. The summed E-state index contributed by atoms with van der Waals surface area (Å²) in [6.07, 6.45) is 7.15. The lowest BCUT2D eigenvalue weighted by Crippen LogP contribution is -2.58. The lowest BCUT2D eigenvalue weighted by molar-refractivity contribution is -0.144. The first-order chi connectivity index (χ1) is 10.1. The van der Waals surface area contributed by atoms with E-state index < -0.39 is 0 Å². The standard InChI is InChI=1S/C18H22BrNO/c19-18-9-14-6-15(10-18)8-17(7-14,12-18)16(21)20-11-13-4-2-1-3-5-13/h1-5,14-15H,6-12H2,(H,20,21)/t14-,15-,17?,18?/m1/s1. The van der Waals surface area contributed by atoms with Crippen LogP contribution >= 0.6 is 15.9 Å². The summed E-state index contributed by atoms with van der Waals surface area (Å²) in [7, 11) is 0. The number of hydrogen-bond donors (Lipinski definition) is 1. The molecule has 0 unspecified atom stereocenters. The third kappa shape index (κ3) is 2.44. The summed E-state index contributed by atoms with van der Waals surface area (Å²) in [5, 5.41) is 3.21. The highest BCUT2D eigenvalue weighted by Gasteiger charge is 2.59. The predicted molar refractivity (Wildman–Crippen MR) is 87.1 cm³/mol. The second-order valence-electron chi connectivity index (χ2n) is 7.56. The maximum Gasteiger partial charge on any atom is 0.226 e. The molecular formula is C18H22BrNO. The van der Waals surface area contributed by atoms with Gasteiger partial charge in [-0.2, -0.15) is 0 Å². The fourth-order valence-corrected chi connectivity index (χ4v) is 6.83. The average Bonchev–Trinajstić information content (AvgIpc) is 2.43. The molecule has 0 saturated heterocycles. The Morgan fingerprint density at radius 2 is 1.81 bits per heavy atom. The van der Waals surface area contributed by atoms with Gasteiger partial charge in [-0.25, -0.2) is 0 Å². The molecule has 0 heterocycles. The number of halogens is 1. The summed E-state index contributed by atoms with van der Waals surface area (Å²) in [5.41, 5.74) is 1.09. The molecular weight excluding hydrogens is 326 g/mol. The first-order valence-corrected chi connectivity index (χ1v) is 8.87. The van der Waals surface area contributed by atoms with E-state index in [1.807, 2.05) is 18.2 Å². The molecule has 1 aromatic rings. The Balaban J connectivity index is 1.49. The summed E-state index contributed by atoms with van der Waals surface area (Å²) in [5.74, 6) is 1.81.